The number of ether oxygens (including phenoxy) is 2. The summed E-state index contributed by atoms with van der Waals surface area (Å²) in [6, 6.07) is 7.53. The van der Waals surface area contributed by atoms with E-state index in [0.29, 0.717) is 6.61 Å². The summed E-state index contributed by atoms with van der Waals surface area (Å²) >= 11 is 4.72. The fraction of sp³-hybridized carbons (Fsp3) is 0.200. The average Bonchev–Trinajstić information content (AvgIpc) is 2.73. The molecule has 0 spiro atoms. The largest absolute Gasteiger partial charge is 0.497 e. The van der Waals surface area contributed by atoms with Crippen molar-refractivity contribution in [3.63, 3.8) is 0 Å². The molecule has 0 amide bonds. The van der Waals surface area contributed by atoms with Gasteiger partial charge < -0.3 is 13.9 Å². The van der Waals surface area contributed by atoms with Gasteiger partial charge in [-0.1, -0.05) is 17.2 Å². The minimum Gasteiger partial charge on any atom is -0.497 e. The van der Waals surface area contributed by atoms with Crippen LogP contribution in [-0.4, -0.2) is 17.3 Å². The van der Waals surface area contributed by atoms with Gasteiger partial charge in [0.05, 0.1) is 7.11 Å². The zero-order valence-corrected chi connectivity index (χ0v) is 9.41. The van der Waals surface area contributed by atoms with Crippen LogP contribution in [0.4, 0.5) is 0 Å². The predicted octanol–water partition coefficient (Wildman–Crippen LogP) is 2.32. The van der Waals surface area contributed by atoms with Crippen molar-refractivity contribution in [2.24, 2.45) is 0 Å². The molecule has 1 aromatic carbocycles. The third-order valence-electron chi connectivity index (χ3n) is 1.94. The summed E-state index contributed by atoms with van der Waals surface area (Å²) in [4.78, 5) is 0.199. The molecule has 0 atom stereocenters. The smallest absolute Gasteiger partial charge is 0.413 e. The van der Waals surface area contributed by atoms with Crippen LogP contribution in [0.15, 0.2) is 28.7 Å². The molecule has 0 aliphatic carbocycles. The van der Waals surface area contributed by atoms with E-state index in [9.17, 15) is 0 Å². The van der Waals surface area contributed by atoms with Crippen LogP contribution >= 0.6 is 12.2 Å². The third kappa shape index (κ3) is 2.60. The number of rotatable bonds is 4. The molecule has 1 N–H and O–H groups in total. The van der Waals surface area contributed by atoms with Crippen molar-refractivity contribution in [2.45, 2.75) is 6.61 Å². The molecule has 0 bridgehead atoms. The molecule has 0 unspecified atom stereocenters. The van der Waals surface area contributed by atoms with Gasteiger partial charge in [-0.3, -0.25) is 0 Å². The predicted molar refractivity (Wildman–Crippen MR) is 59.0 cm³/mol. The summed E-state index contributed by atoms with van der Waals surface area (Å²) in [5.74, 6) is 0.807. The van der Waals surface area contributed by atoms with Gasteiger partial charge in [0, 0.05) is 0 Å². The minimum atomic E-state index is 0.140. The molecule has 0 aliphatic heterocycles. The number of nitrogens with one attached hydrogen (secondary N) is 1. The molecule has 0 radical (unpaired) electrons. The quantitative estimate of drug-likeness (QED) is 0.828. The second-order valence-corrected chi connectivity index (χ2v) is 3.39. The monoisotopic (exact) mass is 238 g/mol. The molecule has 0 fully saturated rings. The third-order valence-corrected chi connectivity index (χ3v) is 2.11. The van der Waals surface area contributed by atoms with Crippen molar-refractivity contribution in [3.05, 3.63) is 34.7 Å². The second kappa shape index (κ2) is 4.80. The molecule has 0 aliphatic rings. The number of hydrogen-bond acceptors (Lipinski definition) is 5. The average molecular weight is 238 g/mol. The summed E-state index contributed by atoms with van der Waals surface area (Å²) in [6.45, 7) is 0.368. The fourth-order valence-electron chi connectivity index (χ4n) is 1.14. The van der Waals surface area contributed by atoms with Crippen LogP contribution in [0.3, 0.4) is 0 Å². The number of H-pyrrole nitrogens is 1. The van der Waals surface area contributed by atoms with Gasteiger partial charge in [0.25, 0.3) is 4.84 Å². The van der Waals surface area contributed by atoms with Gasteiger partial charge in [-0.05, 0) is 29.9 Å². The van der Waals surface area contributed by atoms with Gasteiger partial charge in [0.2, 0.25) is 0 Å². The Hall–Kier alpha value is -1.82. The molecule has 16 heavy (non-hydrogen) atoms. The standard InChI is InChI=1S/C10H10N2O3S/c1-13-8-4-2-7(3-5-8)6-14-9-11-12-10(16)15-9/h2-5H,6H2,1H3,(H,12,16). The highest BCUT2D eigenvalue weighted by Crippen LogP contribution is 2.13. The lowest BCUT2D eigenvalue weighted by molar-refractivity contribution is 0.218. The second-order valence-electron chi connectivity index (χ2n) is 3.02. The van der Waals surface area contributed by atoms with Crippen LogP contribution in [0.2, 0.25) is 0 Å². The van der Waals surface area contributed by atoms with Crippen molar-refractivity contribution in [1.29, 1.82) is 0 Å². The Kier molecular flexibility index (Phi) is 3.21. The Morgan fingerprint density at radius 1 is 1.38 bits per heavy atom. The first-order chi connectivity index (χ1) is 7.78. The summed E-state index contributed by atoms with van der Waals surface area (Å²) in [5, 5.41) is 6.20. The van der Waals surface area contributed by atoms with Crippen molar-refractivity contribution in [2.75, 3.05) is 7.11 Å². The van der Waals surface area contributed by atoms with Crippen LogP contribution in [0.5, 0.6) is 11.8 Å². The molecule has 1 aromatic heterocycles. The van der Waals surface area contributed by atoms with Crippen LogP contribution in [-0.2, 0) is 6.61 Å². The lowest BCUT2D eigenvalue weighted by atomic mass is 10.2. The summed E-state index contributed by atoms with van der Waals surface area (Å²) < 4.78 is 15.3. The molecule has 84 valence electrons. The maximum absolute atomic E-state index is 5.27. The Balaban J connectivity index is 1.96. The molecule has 1 heterocycles. The van der Waals surface area contributed by atoms with Crippen molar-refractivity contribution in [1.82, 2.24) is 10.2 Å². The molecule has 2 rings (SSSR count). The molecule has 0 saturated carbocycles. The molecule has 6 heteroatoms. The van der Waals surface area contributed by atoms with Crippen molar-refractivity contribution >= 4 is 12.2 Å². The maximum Gasteiger partial charge on any atom is 0.413 e. The Morgan fingerprint density at radius 2 is 2.12 bits per heavy atom. The Morgan fingerprint density at radius 3 is 2.69 bits per heavy atom. The zero-order valence-electron chi connectivity index (χ0n) is 8.60. The lowest BCUT2D eigenvalue weighted by Crippen LogP contribution is -1.95. The van der Waals surface area contributed by atoms with E-state index >= 15 is 0 Å². The van der Waals surface area contributed by atoms with Gasteiger partial charge in [0.1, 0.15) is 12.4 Å². The number of benzene rings is 1. The van der Waals surface area contributed by atoms with Gasteiger partial charge in [-0.15, -0.1) is 0 Å². The van der Waals surface area contributed by atoms with Crippen LogP contribution in [0.25, 0.3) is 0 Å². The fourth-order valence-corrected chi connectivity index (χ4v) is 1.26. The first-order valence-corrected chi connectivity index (χ1v) is 5.00. The van der Waals surface area contributed by atoms with E-state index in [1.165, 1.54) is 0 Å². The first kappa shape index (κ1) is 10.7. The van der Waals surface area contributed by atoms with Gasteiger partial charge in [0.15, 0.2) is 0 Å². The normalized spacial score (nSPS) is 10.1. The SMILES string of the molecule is COc1ccc(COc2n[nH]c(=S)o2)cc1. The molecule has 5 nitrogen and oxygen atoms in total. The van der Waals surface area contributed by atoms with Crippen molar-refractivity contribution in [3.8, 4) is 11.8 Å². The molecular formula is C10H10N2O3S. The number of methoxy groups -OCH3 is 1. The summed E-state index contributed by atoms with van der Waals surface area (Å²) in [7, 11) is 1.62. The van der Waals surface area contributed by atoms with Crippen molar-refractivity contribution < 1.29 is 13.9 Å². The van der Waals surface area contributed by atoms with Gasteiger partial charge in [-0.25, -0.2) is 5.10 Å². The van der Waals surface area contributed by atoms with Gasteiger partial charge >= 0.3 is 6.08 Å². The van der Waals surface area contributed by atoms with E-state index < -0.39 is 0 Å². The van der Waals surface area contributed by atoms with E-state index in [-0.39, 0.29) is 10.9 Å². The minimum absolute atomic E-state index is 0.140. The number of nitrogens with zero attached hydrogens (tertiary/aromatic N) is 1. The van der Waals surface area contributed by atoms with Crippen LogP contribution in [0, 0.1) is 4.84 Å². The highest BCUT2D eigenvalue weighted by atomic mass is 32.1. The number of aromatic nitrogens is 2. The Labute approximate surface area is 97.0 Å². The van der Waals surface area contributed by atoms with E-state index in [4.69, 9.17) is 26.1 Å². The van der Waals surface area contributed by atoms with Crippen LogP contribution in [0.1, 0.15) is 5.56 Å². The topological polar surface area (TPSA) is 60.3 Å². The number of aromatic amines is 1. The molecular weight excluding hydrogens is 228 g/mol. The molecule has 2 aromatic rings. The molecule has 0 saturated heterocycles. The zero-order chi connectivity index (χ0) is 11.4. The lowest BCUT2D eigenvalue weighted by Gasteiger charge is -2.02. The number of hydrogen-bond donors (Lipinski definition) is 1. The maximum atomic E-state index is 5.27. The summed E-state index contributed by atoms with van der Waals surface area (Å²) in [5.41, 5.74) is 0.991. The van der Waals surface area contributed by atoms with Crippen LogP contribution < -0.4 is 9.47 Å². The highest BCUT2D eigenvalue weighted by Gasteiger charge is 2.01. The van der Waals surface area contributed by atoms with E-state index in [1.807, 2.05) is 24.3 Å². The van der Waals surface area contributed by atoms with E-state index in [2.05, 4.69) is 10.2 Å². The first-order valence-electron chi connectivity index (χ1n) is 4.59. The summed E-state index contributed by atoms with van der Waals surface area (Å²) in [6.07, 6.45) is 0.140. The van der Waals surface area contributed by atoms with E-state index in [1.54, 1.807) is 7.11 Å². The van der Waals surface area contributed by atoms with E-state index in [0.717, 1.165) is 11.3 Å². The highest BCUT2D eigenvalue weighted by molar-refractivity contribution is 7.71. The van der Waals surface area contributed by atoms with Gasteiger partial charge in [-0.2, -0.15) is 0 Å². The Bertz CT molecular complexity index is 503.